The third kappa shape index (κ3) is 5.24. The second-order valence-electron chi connectivity index (χ2n) is 2.94. The van der Waals surface area contributed by atoms with Gasteiger partial charge in [-0.2, -0.15) is 5.26 Å². The molecule has 0 heterocycles. The van der Waals surface area contributed by atoms with Crippen molar-refractivity contribution in [2.45, 2.75) is 31.3 Å². The normalized spacial score (nSPS) is 14.1. The minimum atomic E-state index is -1.00. The molecular formula is C8H13N3O3. The molecule has 0 aliphatic heterocycles. The number of carbonyl (C=O) groups is 2. The van der Waals surface area contributed by atoms with Crippen LogP contribution in [0.1, 0.15) is 19.3 Å². The van der Waals surface area contributed by atoms with Gasteiger partial charge in [-0.25, -0.2) is 0 Å². The summed E-state index contributed by atoms with van der Waals surface area (Å²) in [6.07, 6.45) is -0.210. The second-order valence-corrected chi connectivity index (χ2v) is 2.94. The lowest BCUT2D eigenvalue weighted by atomic mass is 10.0. The average Bonchev–Trinajstić information content (AvgIpc) is 2.13. The minimum Gasteiger partial charge on any atom is -0.481 e. The summed E-state index contributed by atoms with van der Waals surface area (Å²) in [6, 6.07) is -0.00411. The Hall–Kier alpha value is -1.45. The molecule has 0 saturated carbocycles. The fourth-order valence-corrected chi connectivity index (χ4v) is 0.854. The smallest absolute Gasteiger partial charge is 0.303 e. The number of nitrogens with two attached hydrogens (primary N) is 2. The van der Waals surface area contributed by atoms with Crippen molar-refractivity contribution in [2.24, 2.45) is 11.5 Å². The van der Waals surface area contributed by atoms with Gasteiger partial charge in [0.25, 0.3) is 0 Å². The van der Waals surface area contributed by atoms with Gasteiger partial charge in [-0.15, -0.1) is 0 Å². The van der Waals surface area contributed by atoms with Gasteiger partial charge in [0.05, 0.1) is 18.2 Å². The van der Waals surface area contributed by atoms with E-state index in [-0.39, 0.29) is 25.0 Å². The van der Waals surface area contributed by atoms with Crippen LogP contribution in [-0.4, -0.2) is 28.9 Å². The molecule has 0 amide bonds. The van der Waals surface area contributed by atoms with Crippen molar-refractivity contribution in [1.29, 1.82) is 5.26 Å². The Kier molecular flexibility index (Phi) is 5.44. The van der Waals surface area contributed by atoms with Gasteiger partial charge in [-0.1, -0.05) is 0 Å². The van der Waals surface area contributed by atoms with Crippen LogP contribution >= 0.6 is 0 Å². The van der Waals surface area contributed by atoms with Gasteiger partial charge in [0.1, 0.15) is 0 Å². The molecule has 2 atom stereocenters. The van der Waals surface area contributed by atoms with Crippen molar-refractivity contribution in [3.8, 4) is 6.07 Å². The van der Waals surface area contributed by atoms with Crippen LogP contribution in [0.15, 0.2) is 0 Å². The molecule has 0 aliphatic rings. The van der Waals surface area contributed by atoms with Crippen LogP contribution in [0.3, 0.4) is 0 Å². The Bertz CT molecular complexity index is 259. The molecule has 0 aromatic rings. The van der Waals surface area contributed by atoms with Crippen LogP contribution in [0.5, 0.6) is 0 Å². The maximum Gasteiger partial charge on any atom is 0.303 e. The standard InChI is InChI=1S/C8H13N3O3/c9-4-5(10)3-7(12)6(11)1-2-8(13)14/h5-6H,1-3,10-11H2,(H,13,14). The van der Waals surface area contributed by atoms with Gasteiger partial charge in [0, 0.05) is 12.8 Å². The Morgan fingerprint density at radius 1 is 1.43 bits per heavy atom. The number of hydrogen-bond acceptors (Lipinski definition) is 5. The molecule has 0 spiro atoms. The van der Waals surface area contributed by atoms with Gasteiger partial charge in [-0.05, 0) is 6.42 Å². The largest absolute Gasteiger partial charge is 0.481 e. The maximum atomic E-state index is 11.2. The number of nitriles is 1. The first kappa shape index (κ1) is 12.6. The average molecular weight is 199 g/mol. The Balaban J connectivity index is 3.89. The number of carboxylic acid groups (broad SMARTS) is 1. The summed E-state index contributed by atoms with van der Waals surface area (Å²) < 4.78 is 0. The van der Waals surface area contributed by atoms with Crippen LogP contribution in [0.4, 0.5) is 0 Å². The quantitative estimate of drug-likeness (QED) is 0.502. The van der Waals surface area contributed by atoms with Crippen LogP contribution < -0.4 is 11.5 Å². The summed E-state index contributed by atoms with van der Waals surface area (Å²) in [5, 5.41) is 16.6. The van der Waals surface area contributed by atoms with Crippen molar-refractivity contribution in [1.82, 2.24) is 0 Å². The van der Waals surface area contributed by atoms with E-state index in [1.165, 1.54) is 0 Å². The zero-order valence-corrected chi connectivity index (χ0v) is 7.64. The Morgan fingerprint density at radius 3 is 2.43 bits per heavy atom. The summed E-state index contributed by atoms with van der Waals surface area (Å²) in [5.74, 6) is -1.38. The maximum absolute atomic E-state index is 11.2. The number of ketones is 1. The SMILES string of the molecule is N#CC(N)CC(=O)C(N)CCC(=O)O. The van der Waals surface area contributed by atoms with Gasteiger partial charge in [0.15, 0.2) is 5.78 Å². The molecule has 0 saturated heterocycles. The highest BCUT2D eigenvalue weighted by atomic mass is 16.4. The molecule has 5 N–H and O–H groups in total. The number of hydrogen-bond donors (Lipinski definition) is 3. The van der Waals surface area contributed by atoms with Crippen LogP contribution in [0.25, 0.3) is 0 Å². The molecule has 78 valence electrons. The number of carboxylic acids is 1. The molecule has 0 bridgehead atoms. The highest BCUT2D eigenvalue weighted by Gasteiger charge is 2.17. The van der Waals surface area contributed by atoms with Gasteiger partial charge >= 0.3 is 5.97 Å². The van der Waals surface area contributed by atoms with Crippen molar-refractivity contribution < 1.29 is 14.7 Å². The number of carbonyl (C=O) groups excluding carboxylic acids is 1. The van der Waals surface area contributed by atoms with E-state index >= 15 is 0 Å². The van der Waals surface area contributed by atoms with Gasteiger partial charge in [0.2, 0.25) is 0 Å². The summed E-state index contributed by atoms with van der Waals surface area (Å²) in [7, 11) is 0. The molecule has 0 rings (SSSR count). The van der Waals surface area contributed by atoms with Gasteiger partial charge in [-0.3, -0.25) is 9.59 Å². The molecule has 0 aliphatic carbocycles. The van der Waals surface area contributed by atoms with E-state index in [0.717, 1.165) is 0 Å². The van der Waals surface area contributed by atoms with E-state index in [1.807, 2.05) is 0 Å². The lowest BCUT2D eigenvalue weighted by molar-refractivity contribution is -0.137. The fourth-order valence-electron chi connectivity index (χ4n) is 0.854. The second kappa shape index (κ2) is 6.07. The number of nitrogens with zero attached hydrogens (tertiary/aromatic N) is 1. The third-order valence-electron chi connectivity index (χ3n) is 1.67. The summed E-state index contributed by atoms with van der Waals surface area (Å²) in [4.78, 5) is 21.3. The fraction of sp³-hybridized carbons (Fsp3) is 0.625. The first-order valence-electron chi connectivity index (χ1n) is 4.12. The number of rotatable bonds is 6. The number of Topliss-reactive ketones (excluding diaryl/α,β-unsaturated/α-hetero) is 1. The third-order valence-corrected chi connectivity index (χ3v) is 1.67. The van der Waals surface area contributed by atoms with Crippen molar-refractivity contribution in [3.63, 3.8) is 0 Å². The topological polar surface area (TPSA) is 130 Å². The van der Waals surface area contributed by atoms with E-state index in [4.69, 9.17) is 21.8 Å². The van der Waals surface area contributed by atoms with Crippen LogP contribution in [0.2, 0.25) is 0 Å². The monoisotopic (exact) mass is 199 g/mol. The van der Waals surface area contributed by atoms with E-state index < -0.39 is 18.1 Å². The predicted molar refractivity (Wildman–Crippen MR) is 48.1 cm³/mol. The molecule has 6 nitrogen and oxygen atoms in total. The van der Waals surface area contributed by atoms with Crippen LogP contribution in [-0.2, 0) is 9.59 Å². The zero-order valence-electron chi connectivity index (χ0n) is 7.64. The molecule has 0 aromatic carbocycles. The van der Waals surface area contributed by atoms with Crippen molar-refractivity contribution in [2.75, 3.05) is 0 Å². The highest BCUT2D eigenvalue weighted by Crippen LogP contribution is 2.00. The first-order valence-corrected chi connectivity index (χ1v) is 4.12. The molecule has 2 unspecified atom stereocenters. The predicted octanol–water partition coefficient (Wildman–Crippen LogP) is -1.01. The summed E-state index contributed by atoms with van der Waals surface area (Å²) >= 11 is 0. The Labute approximate surface area is 81.5 Å². The van der Waals surface area contributed by atoms with Gasteiger partial charge < -0.3 is 16.6 Å². The molecule has 0 fully saturated rings. The molecule has 0 aromatic heterocycles. The molecule has 14 heavy (non-hydrogen) atoms. The molecule has 0 radical (unpaired) electrons. The van der Waals surface area contributed by atoms with E-state index in [9.17, 15) is 9.59 Å². The lowest BCUT2D eigenvalue weighted by Crippen LogP contribution is -2.35. The van der Waals surface area contributed by atoms with Crippen molar-refractivity contribution in [3.05, 3.63) is 0 Å². The molecule has 6 heteroatoms. The minimum absolute atomic E-state index is 0.0757. The van der Waals surface area contributed by atoms with Crippen molar-refractivity contribution >= 4 is 11.8 Å². The first-order chi connectivity index (χ1) is 6.47. The van der Waals surface area contributed by atoms with Crippen LogP contribution in [0, 0.1) is 11.3 Å². The zero-order chi connectivity index (χ0) is 11.1. The van der Waals surface area contributed by atoms with E-state index in [2.05, 4.69) is 0 Å². The van der Waals surface area contributed by atoms with E-state index in [0.29, 0.717) is 0 Å². The molecular weight excluding hydrogens is 186 g/mol. The Morgan fingerprint density at radius 2 is 2.00 bits per heavy atom. The summed E-state index contributed by atoms with van der Waals surface area (Å²) in [6.45, 7) is 0. The highest BCUT2D eigenvalue weighted by molar-refractivity contribution is 5.85. The number of aliphatic carboxylic acids is 1. The lowest BCUT2D eigenvalue weighted by Gasteiger charge is -2.09. The summed E-state index contributed by atoms with van der Waals surface area (Å²) in [5.41, 5.74) is 10.6. The van der Waals surface area contributed by atoms with E-state index in [1.54, 1.807) is 6.07 Å².